The van der Waals surface area contributed by atoms with Gasteiger partial charge < -0.3 is 10.4 Å². The van der Waals surface area contributed by atoms with Crippen LogP contribution in [0.5, 0.6) is 0 Å². The lowest BCUT2D eigenvalue weighted by Gasteiger charge is -2.30. The first-order valence-corrected chi connectivity index (χ1v) is 7.18. The fraction of sp³-hybridized carbons (Fsp3) is 0.231. The van der Waals surface area contributed by atoms with Crippen LogP contribution in [0.3, 0.4) is 0 Å². The molecule has 0 aliphatic carbocycles. The molecule has 20 heavy (non-hydrogen) atoms. The lowest BCUT2D eigenvalue weighted by atomic mass is 10.2. The zero-order valence-corrected chi connectivity index (χ0v) is 12.9. The second kappa shape index (κ2) is 5.06. The molecule has 0 saturated carbocycles. The normalized spacial score (nSPS) is 17.9. The van der Waals surface area contributed by atoms with Crippen LogP contribution in [0.2, 0.25) is 0 Å². The molecule has 1 atom stereocenters. The fourth-order valence-electron chi connectivity index (χ4n) is 2.15. The van der Waals surface area contributed by atoms with E-state index >= 15 is 0 Å². The number of benzene rings is 1. The molecule has 2 aromatic rings. The number of carbonyl (C=O) groups is 1. The number of hydrogen-bond acceptors (Lipinski definition) is 4. The summed E-state index contributed by atoms with van der Waals surface area (Å²) in [6.45, 7) is 0.545. The van der Waals surface area contributed by atoms with E-state index < -0.39 is 6.35 Å². The van der Waals surface area contributed by atoms with Gasteiger partial charge in [0.15, 0.2) is 0 Å². The maximum absolute atomic E-state index is 12.2. The molecule has 1 aliphatic heterocycles. The molecule has 1 aliphatic rings. The SMILES string of the molecule is CN1C(=O)c2c(I)nn(Cc3ccccc3)c2NC1O. The third-order valence-corrected chi connectivity index (χ3v) is 4.01. The van der Waals surface area contributed by atoms with E-state index in [-0.39, 0.29) is 5.91 Å². The van der Waals surface area contributed by atoms with Crippen molar-refractivity contribution < 1.29 is 9.90 Å². The Labute approximate surface area is 129 Å². The smallest absolute Gasteiger partial charge is 0.263 e. The minimum absolute atomic E-state index is 0.227. The zero-order valence-electron chi connectivity index (χ0n) is 10.7. The minimum atomic E-state index is -1.03. The van der Waals surface area contributed by atoms with Crippen molar-refractivity contribution in [2.75, 3.05) is 12.4 Å². The van der Waals surface area contributed by atoms with E-state index in [2.05, 4.69) is 10.4 Å². The van der Waals surface area contributed by atoms with Crippen LogP contribution in [0.15, 0.2) is 30.3 Å². The Morgan fingerprint density at radius 1 is 1.40 bits per heavy atom. The van der Waals surface area contributed by atoms with Crippen LogP contribution in [0.25, 0.3) is 0 Å². The predicted octanol–water partition coefficient (Wildman–Crippen LogP) is 1.31. The van der Waals surface area contributed by atoms with Crippen molar-refractivity contribution in [3.05, 3.63) is 45.2 Å². The molecule has 0 bridgehead atoms. The maximum atomic E-state index is 12.2. The Bertz CT molecular complexity index is 656. The highest BCUT2D eigenvalue weighted by Gasteiger charge is 2.33. The van der Waals surface area contributed by atoms with E-state index in [0.717, 1.165) is 5.56 Å². The van der Waals surface area contributed by atoms with Gasteiger partial charge in [-0.1, -0.05) is 30.3 Å². The molecule has 104 valence electrons. The molecule has 2 N–H and O–H groups in total. The number of amides is 1. The first-order chi connectivity index (χ1) is 9.58. The first-order valence-electron chi connectivity index (χ1n) is 6.10. The number of nitrogens with one attached hydrogen (secondary N) is 1. The number of fused-ring (bicyclic) bond motifs is 1. The summed E-state index contributed by atoms with van der Waals surface area (Å²) in [6, 6.07) is 9.85. The number of aromatic nitrogens is 2. The molecule has 1 aromatic heterocycles. The third-order valence-electron chi connectivity index (χ3n) is 3.25. The molecule has 0 fully saturated rings. The van der Waals surface area contributed by atoms with Crippen molar-refractivity contribution in [3.8, 4) is 0 Å². The van der Waals surface area contributed by atoms with Crippen LogP contribution in [0, 0.1) is 3.70 Å². The molecular formula is C13H13IN4O2. The minimum Gasteiger partial charge on any atom is -0.356 e. The quantitative estimate of drug-likeness (QED) is 0.767. The monoisotopic (exact) mass is 384 g/mol. The zero-order chi connectivity index (χ0) is 14.3. The number of aliphatic hydroxyl groups is 1. The largest absolute Gasteiger partial charge is 0.356 e. The first kappa shape index (κ1) is 13.4. The van der Waals surface area contributed by atoms with Crippen molar-refractivity contribution in [2.24, 2.45) is 0 Å². The van der Waals surface area contributed by atoms with E-state index in [1.54, 1.807) is 11.7 Å². The van der Waals surface area contributed by atoms with Gasteiger partial charge in [0.1, 0.15) is 15.1 Å². The van der Waals surface area contributed by atoms with Crippen LogP contribution in [0.1, 0.15) is 15.9 Å². The van der Waals surface area contributed by atoms with Gasteiger partial charge in [-0.25, -0.2) is 4.68 Å². The van der Waals surface area contributed by atoms with Gasteiger partial charge in [0.05, 0.1) is 6.54 Å². The Hall–Kier alpha value is -1.61. The summed E-state index contributed by atoms with van der Waals surface area (Å²) in [4.78, 5) is 13.4. The average molecular weight is 384 g/mol. The summed E-state index contributed by atoms with van der Waals surface area (Å²) < 4.78 is 2.34. The number of rotatable bonds is 2. The topological polar surface area (TPSA) is 70.4 Å². The Kier molecular flexibility index (Phi) is 3.38. The average Bonchev–Trinajstić information content (AvgIpc) is 2.73. The summed E-state index contributed by atoms with van der Waals surface area (Å²) in [5.74, 6) is 0.337. The Balaban J connectivity index is 2.01. The van der Waals surface area contributed by atoms with Gasteiger partial charge in [-0.2, -0.15) is 5.10 Å². The van der Waals surface area contributed by atoms with Crippen molar-refractivity contribution >= 4 is 34.3 Å². The van der Waals surface area contributed by atoms with Crippen molar-refractivity contribution in [1.82, 2.24) is 14.7 Å². The Morgan fingerprint density at radius 2 is 2.10 bits per heavy atom. The summed E-state index contributed by atoms with van der Waals surface area (Å²) in [6.07, 6.45) is -1.03. The van der Waals surface area contributed by atoms with Gasteiger partial charge >= 0.3 is 0 Å². The van der Waals surface area contributed by atoms with Gasteiger partial charge in [0.2, 0.25) is 6.35 Å². The third kappa shape index (κ3) is 2.16. The van der Waals surface area contributed by atoms with Crippen molar-refractivity contribution in [3.63, 3.8) is 0 Å². The highest BCUT2D eigenvalue weighted by atomic mass is 127. The van der Waals surface area contributed by atoms with E-state index in [9.17, 15) is 9.90 Å². The van der Waals surface area contributed by atoms with E-state index in [1.165, 1.54) is 4.90 Å². The molecule has 2 heterocycles. The molecule has 0 spiro atoms. The van der Waals surface area contributed by atoms with Gasteiger partial charge in [-0.15, -0.1) is 0 Å². The molecule has 1 unspecified atom stereocenters. The van der Waals surface area contributed by atoms with Crippen molar-refractivity contribution in [1.29, 1.82) is 0 Å². The van der Waals surface area contributed by atoms with Gasteiger partial charge in [-0.05, 0) is 28.2 Å². The summed E-state index contributed by atoms with van der Waals surface area (Å²) in [5.41, 5.74) is 1.59. The molecule has 0 radical (unpaired) electrons. The molecule has 1 amide bonds. The van der Waals surface area contributed by atoms with Crippen molar-refractivity contribution in [2.45, 2.75) is 12.9 Å². The number of carbonyl (C=O) groups excluding carboxylic acids is 1. The van der Waals surface area contributed by atoms with Gasteiger partial charge in [0.25, 0.3) is 5.91 Å². The van der Waals surface area contributed by atoms with Crippen LogP contribution < -0.4 is 5.32 Å². The molecular weight excluding hydrogens is 371 g/mol. The van der Waals surface area contributed by atoms with E-state index in [4.69, 9.17) is 0 Å². The lowest BCUT2D eigenvalue weighted by Crippen LogP contribution is -2.46. The number of halogens is 1. The number of hydrogen-bond donors (Lipinski definition) is 2. The predicted molar refractivity (Wildman–Crippen MR) is 82.2 cm³/mol. The second-order valence-electron chi connectivity index (χ2n) is 4.59. The summed E-state index contributed by atoms with van der Waals surface area (Å²) in [5, 5.41) is 17.1. The van der Waals surface area contributed by atoms with Gasteiger partial charge in [0, 0.05) is 7.05 Å². The highest BCUT2D eigenvalue weighted by Crippen LogP contribution is 2.28. The molecule has 7 heteroatoms. The van der Waals surface area contributed by atoms with Gasteiger partial charge in [-0.3, -0.25) is 9.69 Å². The molecule has 0 saturated heterocycles. The second-order valence-corrected chi connectivity index (χ2v) is 5.61. The summed E-state index contributed by atoms with van der Waals surface area (Å²) in [7, 11) is 1.55. The van der Waals surface area contributed by atoms with E-state index in [1.807, 2.05) is 52.9 Å². The maximum Gasteiger partial charge on any atom is 0.263 e. The number of nitrogens with zero attached hydrogens (tertiary/aromatic N) is 3. The molecule has 1 aromatic carbocycles. The van der Waals surface area contributed by atoms with Crippen LogP contribution in [-0.4, -0.2) is 39.1 Å². The lowest BCUT2D eigenvalue weighted by molar-refractivity contribution is 0.0297. The van der Waals surface area contributed by atoms with E-state index in [0.29, 0.717) is 21.6 Å². The molecule has 3 rings (SSSR count). The standard InChI is InChI=1S/C13H13IN4O2/c1-17-12(19)9-10(14)16-18(11(9)15-13(17)20)7-8-5-3-2-4-6-8/h2-6,13,15,20H,7H2,1H3. The number of anilines is 1. The highest BCUT2D eigenvalue weighted by molar-refractivity contribution is 14.1. The van der Waals surface area contributed by atoms with Crippen LogP contribution in [-0.2, 0) is 6.54 Å². The van der Waals surface area contributed by atoms with Crippen LogP contribution in [0.4, 0.5) is 5.82 Å². The summed E-state index contributed by atoms with van der Waals surface area (Å²) >= 11 is 2.04. The fourth-order valence-corrected chi connectivity index (χ4v) is 2.89. The Morgan fingerprint density at radius 3 is 2.80 bits per heavy atom. The van der Waals surface area contributed by atoms with Crippen LogP contribution >= 0.6 is 22.6 Å². The molecule has 6 nitrogen and oxygen atoms in total. The number of aliphatic hydroxyl groups excluding tert-OH is 1.